The molecule has 0 unspecified atom stereocenters. The molecule has 0 bridgehead atoms. The van der Waals surface area contributed by atoms with E-state index in [1.165, 1.54) is 0 Å². The molecule has 9 aromatic rings. The van der Waals surface area contributed by atoms with Gasteiger partial charge in [-0.15, -0.1) is 11.3 Å². The number of rotatable bonds is 2. The van der Waals surface area contributed by atoms with Gasteiger partial charge in [-0.1, -0.05) is 84.9 Å². The third-order valence-electron chi connectivity index (χ3n) is 8.46. The first kappa shape index (κ1) is 23.8. The molecule has 0 amide bonds. The zero-order chi connectivity index (χ0) is 28.7. The Hall–Kier alpha value is -5.88. The topological polar surface area (TPSA) is 46.2 Å². The number of nitrogens with zero attached hydrogens (tertiary/aromatic N) is 3. The van der Waals surface area contributed by atoms with Crippen LogP contribution in [0.4, 0.5) is 5.69 Å². The van der Waals surface area contributed by atoms with Crippen molar-refractivity contribution in [2.45, 2.75) is 0 Å². The summed E-state index contributed by atoms with van der Waals surface area (Å²) in [6.45, 7) is 8.01. The average molecular weight is 566 g/mol. The second-order valence-corrected chi connectivity index (χ2v) is 11.7. The zero-order valence-electron chi connectivity index (χ0n) is 22.6. The van der Waals surface area contributed by atoms with Gasteiger partial charge in [0.25, 0.3) is 0 Å². The van der Waals surface area contributed by atoms with Gasteiger partial charge in [0.05, 0.1) is 39.6 Å². The van der Waals surface area contributed by atoms with Crippen LogP contribution in [0.5, 0.6) is 0 Å². The molecule has 0 N–H and O–H groups in total. The van der Waals surface area contributed by atoms with E-state index in [-0.39, 0.29) is 0 Å². The predicted octanol–water partition coefficient (Wildman–Crippen LogP) is 11.1. The van der Waals surface area contributed by atoms with E-state index in [2.05, 4.69) is 88.3 Å². The summed E-state index contributed by atoms with van der Waals surface area (Å²) >= 11 is 1.65. The molecule has 3 heterocycles. The largest absolute Gasteiger partial charge is 0.455 e. The Bertz CT molecular complexity index is 2710. The van der Waals surface area contributed by atoms with Crippen LogP contribution in [0.25, 0.3) is 85.6 Å². The van der Waals surface area contributed by atoms with Gasteiger partial charge in [0, 0.05) is 37.2 Å². The molecule has 0 saturated carbocycles. The van der Waals surface area contributed by atoms with Gasteiger partial charge in [0.15, 0.2) is 0 Å². The number of benzene rings is 6. The van der Waals surface area contributed by atoms with Gasteiger partial charge in [0.1, 0.15) is 11.2 Å². The van der Waals surface area contributed by atoms with Crippen molar-refractivity contribution in [3.63, 3.8) is 0 Å². The van der Waals surface area contributed by atoms with Crippen molar-refractivity contribution in [3.05, 3.63) is 132 Å². The van der Waals surface area contributed by atoms with Crippen LogP contribution in [0.2, 0.25) is 0 Å². The van der Waals surface area contributed by atoms with Gasteiger partial charge < -0.3 is 8.98 Å². The van der Waals surface area contributed by atoms with Gasteiger partial charge in [-0.25, -0.2) is 4.85 Å². The standard InChI is InChI=1S/C38H19N3OS/c1-40-30-19-18-26(28-11-6-10-27-25-9-3-5-15-34(25)42-36(27)28)35-29-12-7-14-32(37(29)43-38(30)35)41-31-13-4-2-8-23(31)24-17-16-22(21-39)20-33(24)41/h2-20H. The lowest BCUT2D eigenvalue weighted by molar-refractivity contribution is 0.670. The number of hydrogen-bond acceptors (Lipinski definition) is 3. The number of aromatic nitrogens is 1. The maximum Gasteiger partial charge on any atom is 0.204 e. The second-order valence-electron chi connectivity index (χ2n) is 10.7. The molecule has 0 atom stereocenters. The van der Waals surface area contributed by atoms with Crippen molar-refractivity contribution >= 4 is 80.9 Å². The predicted molar refractivity (Wildman–Crippen MR) is 177 cm³/mol. The quantitative estimate of drug-likeness (QED) is 0.196. The number of thiophene rings is 1. The summed E-state index contributed by atoms with van der Waals surface area (Å²) in [5.74, 6) is 0. The van der Waals surface area contributed by atoms with Crippen LogP contribution >= 0.6 is 11.3 Å². The van der Waals surface area contributed by atoms with Crippen LogP contribution in [0.3, 0.4) is 0 Å². The summed E-state index contributed by atoms with van der Waals surface area (Å²) < 4.78 is 10.8. The van der Waals surface area contributed by atoms with Crippen LogP contribution < -0.4 is 0 Å². The summed E-state index contributed by atoms with van der Waals surface area (Å²) in [6.07, 6.45) is 0. The van der Waals surface area contributed by atoms with Gasteiger partial charge in [-0.2, -0.15) is 5.26 Å². The molecule has 4 nitrogen and oxygen atoms in total. The summed E-state index contributed by atoms with van der Waals surface area (Å²) in [4.78, 5) is 3.93. The van der Waals surface area contributed by atoms with Crippen molar-refractivity contribution in [2.75, 3.05) is 0 Å². The molecule has 0 aliphatic rings. The van der Waals surface area contributed by atoms with E-state index in [9.17, 15) is 5.26 Å². The summed E-state index contributed by atoms with van der Waals surface area (Å²) in [6, 6.07) is 41.4. The van der Waals surface area contributed by atoms with E-state index in [1.807, 2.05) is 42.5 Å². The average Bonchev–Trinajstić information content (AvgIpc) is 3.74. The molecule has 0 saturated heterocycles. The lowest BCUT2D eigenvalue weighted by Gasteiger charge is -2.10. The molecule has 6 aromatic carbocycles. The SMILES string of the molecule is [C-]#[N+]c1ccc(-c2cccc3c2oc2ccccc23)c2c1sc1c(-n3c4ccccc4c4ccc(C#N)cc43)cccc12. The highest BCUT2D eigenvalue weighted by Gasteiger charge is 2.21. The van der Waals surface area contributed by atoms with Crippen molar-refractivity contribution in [1.82, 2.24) is 4.57 Å². The third kappa shape index (κ3) is 3.23. The van der Waals surface area contributed by atoms with Crippen LogP contribution in [-0.4, -0.2) is 4.57 Å². The lowest BCUT2D eigenvalue weighted by Crippen LogP contribution is -1.94. The highest BCUT2D eigenvalue weighted by molar-refractivity contribution is 7.27. The molecule has 0 radical (unpaired) electrons. The van der Waals surface area contributed by atoms with Crippen molar-refractivity contribution in [1.29, 1.82) is 5.26 Å². The fourth-order valence-electron chi connectivity index (χ4n) is 6.62. The smallest absolute Gasteiger partial charge is 0.204 e. The molecule has 198 valence electrons. The summed E-state index contributed by atoms with van der Waals surface area (Å²) in [7, 11) is 0. The fourth-order valence-corrected chi connectivity index (χ4v) is 7.91. The first-order chi connectivity index (χ1) is 21.2. The lowest BCUT2D eigenvalue weighted by atomic mass is 9.97. The molecule has 0 spiro atoms. The number of fused-ring (bicyclic) bond motifs is 9. The first-order valence-corrected chi connectivity index (χ1v) is 14.8. The van der Waals surface area contributed by atoms with Crippen LogP contribution in [0.1, 0.15) is 5.56 Å². The van der Waals surface area contributed by atoms with E-state index in [1.54, 1.807) is 11.3 Å². The Morgan fingerprint density at radius 1 is 0.674 bits per heavy atom. The summed E-state index contributed by atoms with van der Waals surface area (Å²) in [5.41, 5.74) is 8.12. The molecule has 0 fully saturated rings. The fraction of sp³-hybridized carbons (Fsp3) is 0. The van der Waals surface area contributed by atoms with E-state index >= 15 is 0 Å². The third-order valence-corrected chi connectivity index (χ3v) is 9.71. The van der Waals surface area contributed by atoms with Gasteiger partial charge in [0.2, 0.25) is 5.69 Å². The monoisotopic (exact) mass is 565 g/mol. The number of nitriles is 1. The molecular formula is C38H19N3OS. The molecular weight excluding hydrogens is 547 g/mol. The van der Waals surface area contributed by atoms with E-state index in [0.717, 1.165) is 80.7 Å². The first-order valence-electron chi connectivity index (χ1n) is 13.9. The normalized spacial score (nSPS) is 11.7. The van der Waals surface area contributed by atoms with Gasteiger partial charge >= 0.3 is 0 Å². The minimum Gasteiger partial charge on any atom is -0.455 e. The highest BCUT2D eigenvalue weighted by atomic mass is 32.1. The number of hydrogen-bond donors (Lipinski definition) is 0. The van der Waals surface area contributed by atoms with Crippen LogP contribution in [0, 0.1) is 17.9 Å². The van der Waals surface area contributed by atoms with Crippen LogP contribution in [-0.2, 0) is 0 Å². The van der Waals surface area contributed by atoms with Crippen molar-refractivity contribution in [3.8, 4) is 22.9 Å². The Morgan fingerprint density at radius 3 is 2.33 bits per heavy atom. The zero-order valence-corrected chi connectivity index (χ0v) is 23.4. The minimum atomic E-state index is 0.622. The van der Waals surface area contributed by atoms with E-state index < -0.39 is 0 Å². The second kappa shape index (κ2) is 8.81. The molecule has 43 heavy (non-hydrogen) atoms. The Labute approximate surface area is 249 Å². The Kier molecular flexibility index (Phi) is 4.87. The van der Waals surface area contributed by atoms with Gasteiger partial charge in [-0.3, -0.25) is 0 Å². The maximum absolute atomic E-state index is 9.73. The number of para-hydroxylation sites is 3. The molecule has 0 aliphatic carbocycles. The molecule has 9 rings (SSSR count). The van der Waals surface area contributed by atoms with Crippen LogP contribution in [0.15, 0.2) is 120 Å². The Balaban J connectivity index is 1.41. The van der Waals surface area contributed by atoms with Crippen molar-refractivity contribution < 1.29 is 4.42 Å². The molecule has 5 heteroatoms. The van der Waals surface area contributed by atoms with Gasteiger partial charge in [-0.05, 0) is 41.3 Å². The Morgan fingerprint density at radius 2 is 1.44 bits per heavy atom. The van der Waals surface area contributed by atoms with E-state index in [4.69, 9.17) is 11.0 Å². The highest BCUT2D eigenvalue weighted by Crippen LogP contribution is 2.49. The minimum absolute atomic E-state index is 0.622. The molecule has 0 aliphatic heterocycles. The van der Waals surface area contributed by atoms with E-state index in [0.29, 0.717) is 11.3 Å². The summed E-state index contributed by atoms with van der Waals surface area (Å²) in [5, 5.41) is 16.3. The molecule has 3 aromatic heterocycles. The van der Waals surface area contributed by atoms with Crippen molar-refractivity contribution in [2.24, 2.45) is 0 Å². The maximum atomic E-state index is 9.73. The number of furan rings is 1.